The first-order valence-electron chi connectivity index (χ1n) is 13.0. The number of piperidine rings is 1. The highest BCUT2D eigenvalue weighted by Gasteiger charge is 2.38. The molecule has 1 N–H and O–H groups in total. The summed E-state index contributed by atoms with van der Waals surface area (Å²) in [6.45, 7) is 3.03. The number of anilines is 2. The van der Waals surface area contributed by atoms with E-state index in [1.54, 1.807) is 12.1 Å². The SMILES string of the molecule is CN1CCC(Nc2cccc(Sc3ccc(-c4cc(N5CCOCC5)ncn4)c(CF)c3C(F)(F)F)c2)CC1. The molecule has 0 aliphatic carbocycles. The zero-order valence-electron chi connectivity index (χ0n) is 21.7. The third-order valence-corrected chi connectivity index (χ3v) is 8.16. The van der Waals surface area contributed by atoms with Crippen LogP contribution in [0.2, 0.25) is 0 Å². The number of hydrogen-bond acceptors (Lipinski definition) is 7. The maximum atomic E-state index is 14.4. The van der Waals surface area contributed by atoms with E-state index in [2.05, 4.69) is 27.2 Å². The number of aromatic nitrogens is 2. The monoisotopic (exact) mass is 561 g/mol. The lowest BCUT2D eigenvalue weighted by atomic mass is 9.98. The second-order valence-electron chi connectivity index (χ2n) is 9.81. The number of hydrogen-bond donors (Lipinski definition) is 1. The van der Waals surface area contributed by atoms with E-state index in [0.29, 0.717) is 43.1 Å². The molecule has 6 nitrogen and oxygen atoms in total. The van der Waals surface area contributed by atoms with Crippen LogP contribution < -0.4 is 10.2 Å². The van der Waals surface area contributed by atoms with Gasteiger partial charge in [-0.15, -0.1) is 0 Å². The molecule has 3 aromatic rings. The first-order chi connectivity index (χ1) is 18.8. The summed E-state index contributed by atoms with van der Waals surface area (Å²) < 4.78 is 63.1. The van der Waals surface area contributed by atoms with Crippen LogP contribution in [0.25, 0.3) is 11.3 Å². The fourth-order valence-corrected chi connectivity index (χ4v) is 6.09. The van der Waals surface area contributed by atoms with Crippen LogP contribution in [0.15, 0.2) is 58.6 Å². The average molecular weight is 562 g/mol. The van der Waals surface area contributed by atoms with E-state index in [4.69, 9.17) is 4.74 Å². The normalized spacial score (nSPS) is 17.4. The summed E-state index contributed by atoms with van der Waals surface area (Å²) in [6, 6.07) is 12.2. The van der Waals surface area contributed by atoms with Gasteiger partial charge >= 0.3 is 6.18 Å². The number of ether oxygens (including phenoxy) is 1. The highest BCUT2D eigenvalue weighted by Crippen LogP contribution is 2.45. The maximum absolute atomic E-state index is 14.4. The molecule has 3 heterocycles. The van der Waals surface area contributed by atoms with Crippen molar-refractivity contribution in [1.29, 1.82) is 0 Å². The Morgan fingerprint density at radius 2 is 1.79 bits per heavy atom. The summed E-state index contributed by atoms with van der Waals surface area (Å²) in [5.74, 6) is 0.578. The van der Waals surface area contributed by atoms with Crippen LogP contribution in [0.1, 0.15) is 24.0 Å². The molecule has 1 aromatic heterocycles. The Hall–Kier alpha value is -2.89. The van der Waals surface area contributed by atoms with E-state index in [-0.39, 0.29) is 16.2 Å². The second-order valence-corrected chi connectivity index (χ2v) is 10.9. The van der Waals surface area contributed by atoms with Crippen LogP contribution >= 0.6 is 11.8 Å². The van der Waals surface area contributed by atoms with Crippen molar-refractivity contribution in [3.63, 3.8) is 0 Å². The topological polar surface area (TPSA) is 53.5 Å². The minimum absolute atomic E-state index is 0.0437. The molecule has 0 saturated carbocycles. The smallest absolute Gasteiger partial charge is 0.382 e. The minimum Gasteiger partial charge on any atom is -0.382 e. The standard InChI is InChI=1S/C28H31F4N5OS/c1-36-9-7-19(8-10-36)35-20-3-2-4-21(15-20)39-25-6-5-22(23(17-29)27(25)28(30,31)32)24-16-26(34-18-33-24)37-11-13-38-14-12-37/h2-6,15-16,18-19,35H,7-14,17H2,1H3. The van der Waals surface area contributed by atoms with Crippen molar-refractivity contribution in [2.24, 2.45) is 0 Å². The molecule has 2 aromatic carbocycles. The highest BCUT2D eigenvalue weighted by atomic mass is 32.2. The highest BCUT2D eigenvalue weighted by molar-refractivity contribution is 7.99. The lowest BCUT2D eigenvalue weighted by Gasteiger charge is -2.30. The van der Waals surface area contributed by atoms with Crippen LogP contribution in [-0.4, -0.2) is 67.4 Å². The largest absolute Gasteiger partial charge is 0.417 e. The van der Waals surface area contributed by atoms with Gasteiger partial charge in [-0.1, -0.05) is 23.9 Å². The first kappa shape index (κ1) is 27.7. The third kappa shape index (κ3) is 6.64. The summed E-state index contributed by atoms with van der Waals surface area (Å²) >= 11 is 0.987. The molecule has 2 aliphatic heterocycles. The number of alkyl halides is 4. The van der Waals surface area contributed by atoms with Gasteiger partial charge in [0, 0.05) is 51.8 Å². The van der Waals surface area contributed by atoms with Gasteiger partial charge in [-0.2, -0.15) is 13.2 Å². The summed E-state index contributed by atoms with van der Waals surface area (Å²) in [4.78, 5) is 13.3. The van der Waals surface area contributed by atoms with Crippen molar-refractivity contribution < 1.29 is 22.3 Å². The van der Waals surface area contributed by atoms with Crippen LogP contribution in [0.3, 0.4) is 0 Å². The molecule has 2 saturated heterocycles. The zero-order valence-corrected chi connectivity index (χ0v) is 22.5. The summed E-state index contributed by atoms with van der Waals surface area (Å²) in [6.07, 6.45) is -1.43. The first-order valence-corrected chi connectivity index (χ1v) is 13.8. The van der Waals surface area contributed by atoms with Gasteiger partial charge < -0.3 is 19.9 Å². The molecule has 0 unspecified atom stereocenters. The van der Waals surface area contributed by atoms with Crippen LogP contribution in [0.4, 0.5) is 29.1 Å². The fraction of sp³-hybridized carbons (Fsp3) is 0.429. The van der Waals surface area contributed by atoms with E-state index in [0.717, 1.165) is 43.4 Å². The molecule has 2 fully saturated rings. The van der Waals surface area contributed by atoms with Crippen LogP contribution in [0.5, 0.6) is 0 Å². The van der Waals surface area contributed by atoms with E-state index in [9.17, 15) is 17.6 Å². The molecule has 0 radical (unpaired) electrons. The van der Waals surface area contributed by atoms with E-state index >= 15 is 0 Å². The number of nitrogens with zero attached hydrogens (tertiary/aromatic N) is 4. The molecule has 0 amide bonds. The Balaban J connectivity index is 1.44. The Morgan fingerprint density at radius 1 is 1.03 bits per heavy atom. The van der Waals surface area contributed by atoms with Crippen molar-refractivity contribution in [3.05, 3.63) is 59.9 Å². The van der Waals surface area contributed by atoms with Crippen molar-refractivity contribution >= 4 is 23.3 Å². The van der Waals surface area contributed by atoms with Gasteiger partial charge in [0.2, 0.25) is 0 Å². The van der Waals surface area contributed by atoms with Crippen LogP contribution in [-0.2, 0) is 17.6 Å². The molecule has 11 heteroatoms. The van der Waals surface area contributed by atoms with Crippen molar-refractivity contribution in [2.75, 3.05) is 56.7 Å². The molecular weight excluding hydrogens is 530 g/mol. The molecule has 0 spiro atoms. The van der Waals surface area contributed by atoms with Gasteiger partial charge in [-0.25, -0.2) is 14.4 Å². The minimum atomic E-state index is -4.75. The summed E-state index contributed by atoms with van der Waals surface area (Å²) in [5.41, 5.74) is -0.149. The molecule has 0 bridgehead atoms. The Morgan fingerprint density at radius 3 is 2.51 bits per heavy atom. The Kier molecular flexibility index (Phi) is 8.58. The molecule has 208 valence electrons. The lowest BCUT2D eigenvalue weighted by molar-refractivity contribution is -0.140. The molecule has 5 rings (SSSR count). The quantitative estimate of drug-likeness (QED) is 0.349. The molecule has 2 aliphatic rings. The van der Waals surface area contributed by atoms with Crippen LogP contribution in [0, 0.1) is 0 Å². The molecule has 0 atom stereocenters. The Bertz CT molecular complexity index is 1280. The van der Waals surface area contributed by atoms with Gasteiger partial charge in [0.25, 0.3) is 0 Å². The second kappa shape index (κ2) is 12.1. The Labute approximate surface area is 229 Å². The summed E-state index contributed by atoms with van der Waals surface area (Å²) in [7, 11) is 2.09. The number of nitrogens with one attached hydrogen (secondary N) is 1. The number of rotatable bonds is 7. The van der Waals surface area contributed by atoms with E-state index in [1.807, 2.05) is 23.1 Å². The molecular formula is C28H31F4N5OS. The average Bonchev–Trinajstić information content (AvgIpc) is 2.94. The maximum Gasteiger partial charge on any atom is 0.417 e. The predicted molar refractivity (Wildman–Crippen MR) is 145 cm³/mol. The number of likely N-dealkylation sites (tertiary alicyclic amines) is 1. The van der Waals surface area contributed by atoms with Gasteiger partial charge in [0.05, 0.1) is 24.5 Å². The molecule has 39 heavy (non-hydrogen) atoms. The van der Waals surface area contributed by atoms with Gasteiger partial charge in [0.1, 0.15) is 18.8 Å². The lowest BCUT2D eigenvalue weighted by Crippen LogP contribution is -2.36. The number of morpholine rings is 1. The van der Waals surface area contributed by atoms with Gasteiger partial charge in [0.15, 0.2) is 0 Å². The number of benzene rings is 2. The van der Waals surface area contributed by atoms with E-state index < -0.39 is 24.0 Å². The predicted octanol–water partition coefficient (Wildman–Crippen LogP) is 6.13. The zero-order chi connectivity index (χ0) is 27.4. The third-order valence-electron chi connectivity index (χ3n) is 7.11. The van der Waals surface area contributed by atoms with Gasteiger partial charge in [-0.05, 0) is 57.2 Å². The van der Waals surface area contributed by atoms with Gasteiger partial charge in [-0.3, -0.25) is 0 Å². The van der Waals surface area contributed by atoms with E-state index in [1.165, 1.54) is 18.5 Å². The fourth-order valence-electron chi connectivity index (χ4n) is 5.03. The van der Waals surface area contributed by atoms with Crippen molar-refractivity contribution in [3.8, 4) is 11.3 Å². The summed E-state index contributed by atoms with van der Waals surface area (Å²) in [5, 5.41) is 3.51. The van der Waals surface area contributed by atoms with Crippen molar-refractivity contribution in [1.82, 2.24) is 14.9 Å². The number of halogens is 4. The van der Waals surface area contributed by atoms with Crippen molar-refractivity contribution in [2.45, 2.75) is 41.5 Å².